The maximum Gasteiger partial charge on any atom is 0.328 e. The number of carboxylic acids is 1. The van der Waals surface area contributed by atoms with E-state index in [4.69, 9.17) is 19.3 Å². The molecule has 0 aliphatic rings. The van der Waals surface area contributed by atoms with Gasteiger partial charge in [0.15, 0.2) is 11.5 Å². The van der Waals surface area contributed by atoms with Crippen LogP contribution in [0.25, 0.3) is 5.57 Å². The van der Waals surface area contributed by atoms with Gasteiger partial charge in [0.05, 0.1) is 21.3 Å². The lowest BCUT2D eigenvalue weighted by Gasteiger charge is -2.14. The van der Waals surface area contributed by atoms with Crippen molar-refractivity contribution >= 4 is 11.5 Å². The lowest BCUT2D eigenvalue weighted by Crippen LogP contribution is -1.97. The summed E-state index contributed by atoms with van der Waals surface area (Å²) in [5.41, 5.74) is 1.22. The van der Waals surface area contributed by atoms with E-state index < -0.39 is 5.97 Å². The molecule has 0 aliphatic heterocycles. The highest BCUT2D eigenvalue weighted by molar-refractivity contribution is 5.90. The largest absolute Gasteiger partial charge is 0.496 e. The maximum atomic E-state index is 10.7. The van der Waals surface area contributed by atoms with Crippen LogP contribution in [0.15, 0.2) is 18.2 Å². The van der Waals surface area contributed by atoms with Crippen molar-refractivity contribution in [1.82, 2.24) is 0 Å². The van der Waals surface area contributed by atoms with Crippen molar-refractivity contribution in [2.24, 2.45) is 0 Å². The Morgan fingerprint density at radius 2 is 1.56 bits per heavy atom. The van der Waals surface area contributed by atoms with Crippen molar-refractivity contribution < 1.29 is 24.1 Å². The second kappa shape index (κ2) is 5.95. The minimum atomic E-state index is -1.01. The van der Waals surface area contributed by atoms with Crippen LogP contribution in [-0.2, 0) is 4.79 Å². The van der Waals surface area contributed by atoms with Gasteiger partial charge in [-0.05, 0) is 18.6 Å². The van der Waals surface area contributed by atoms with E-state index in [1.807, 2.05) is 0 Å². The van der Waals surface area contributed by atoms with Gasteiger partial charge >= 0.3 is 5.97 Å². The summed E-state index contributed by atoms with van der Waals surface area (Å²) in [7, 11) is 4.56. The molecule has 0 radical (unpaired) electrons. The van der Waals surface area contributed by atoms with Crippen LogP contribution in [0.3, 0.4) is 0 Å². The van der Waals surface area contributed by atoms with E-state index in [1.165, 1.54) is 21.3 Å². The topological polar surface area (TPSA) is 65.0 Å². The first-order valence-corrected chi connectivity index (χ1v) is 5.25. The molecule has 5 nitrogen and oxygen atoms in total. The highest BCUT2D eigenvalue weighted by Crippen LogP contribution is 2.37. The first-order chi connectivity index (χ1) is 8.53. The molecule has 1 rings (SSSR count). The molecule has 0 atom stereocenters. The number of methoxy groups -OCH3 is 3. The molecule has 1 N–H and O–H groups in total. The fourth-order valence-corrected chi connectivity index (χ4v) is 1.60. The molecule has 1 aromatic rings. The number of carbonyl (C=O) groups is 1. The van der Waals surface area contributed by atoms with E-state index in [-0.39, 0.29) is 0 Å². The van der Waals surface area contributed by atoms with Gasteiger partial charge in [0, 0.05) is 17.7 Å². The third-order valence-electron chi connectivity index (χ3n) is 2.47. The molecule has 1 aromatic carbocycles. The standard InChI is InChI=1S/C13H16O5/c1-8(5-13(14)15)9-6-11(17-3)12(18-4)7-10(9)16-2/h5-7H,1-4H3,(H,14,15). The predicted octanol–water partition coefficient (Wildman–Crippen LogP) is 2.20. The number of allylic oxidation sites excluding steroid dienone is 1. The SMILES string of the molecule is COc1cc(OC)c(C(C)=CC(=O)O)cc1OC. The summed E-state index contributed by atoms with van der Waals surface area (Å²) in [5.74, 6) is 0.569. The molecule has 98 valence electrons. The summed E-state index contributed by atoms with van der Waals surface area (Å²) in [5, 5.41) is 8.76. The first kappa shape index (κ1) is 13.9. The smallest absolute Gasteiger partial charge is 0.328 e. The lowest BCUT2D eigenvalue weighted by molar-refractivity contribution is -0.131. The van der Waals surface area contributed by atoms with Gasteiger partial charge in [0.2, 0.25) is 0 Å². The molecule has 0 heterocycles. The Labute approximate surface area is 106 Å². The Balaban J connectivity index is 3.38. The van der Waals surface area contributed by atoms with Gasteiger partial charge in [-0.3, -0.25) is 0 Å². The molecule has 0 aromatic heterocycles. The summed E-state index contributed by atoms with van der Waals surface area (Å²) in [4.78, 5) is 10.7. The number of rotatable bonds is 5. The first-order valence-electron chi connectivity index (χ1n) is 5.25. The quantitative estimate of drug-likeness (QED) is 0.814. The van der Waals surface area contributed by atoms with Crippen LogP contribution in [0.5, 0.6) is 17.2 Å². The Kier molecular flexibility index (Phi) is 4.59. The van der Waals surface area contributed by atoms with Gasteiger partial charge in [-0.25, -0.2) is 4.79 Å². The van der Waals surface area contributed by atoms with Gasteiger partial charge in [-0.2, -0.15) is 0 Å². The van der Waals surface area contributed by atoms with E-state index in [9.17, 15) is 4.79 Å². The van der Waals surface area contributed by atoms with E-state index >= 15 is 0 Å². The van der Waals surface area contributed by atoms with E-state index in [0.29, 0.717) is 28.4 Å². The van der Waals surface area contributed by atoms with Gasteiger partial charge in [-0.15, -0.1) is 0 Å². The van der Waals surface area contributed by atoms with Crippen LogP contribution in [-0.4, -0.2) is 32.4 Å². The molecule has 0 saturated carbocycles. The zero-order valence-corrected chi connectivity index (χ0v) is 10.8. The molecular formula is C13H16O5. The Hall–Kier alpha value is -2.17. The van der Waals surface area contributed by atoms with Crippen molar-refractivity contribution in [2.75, 3.05) is 21.3 Å². The number of hydrogen-bond acceptors (Lipinski definition) is 4. The van der Waals surface area contributed by atoms with Gasteiger partial charge in [0.25, 0.3) is 0 Å². The maximum absolute atomic E-state index is 10.7. The molecule has 0 fully saturated rings. The fourth-order valence-electron chi connectivity index (χ4n) is 1.60. The summed E-state index contributed by atoms with van der Waals surface area (Å²) in [6, 6.07) is 3.35. The van der Waals surface area contributed by atoms with Crippen LogP contribution in [0.1, 0.15) is 12.5 Å². The van der Waals surface area contributed by atoms with Crippen LogP contribution >= 0.6 is 0 Å². The number of benzene rings is 1. The average molecular weight is 252 g/mol. The normalized spacial score (nSPS) is 11.0. The Bertz CT molecular complexity index is 477. The minimum absolute atomic E-state index is 0.520. The van der Waals surface area contributed by atoms with Crippen molar-refractivity contribution in [3.8, 4) is 17.2 Å². The predicted molar refractivity (Wildman–Crippen MR) is 67.4 cm³/mol. The van der Waals surface area contributed by atoms with Crippen molar-refractivity contribution in [1.29, 1.82) is 0 Å². The van der Waals surface area contributed by atoms with Gasteiger partial charge in [0.1, 0.15) is 5.75 Å². The fraction of sp³-hybridized carbons (Fsp3) is 0.308. The van der Waals surface area contributed by atoms with E-state index in [1.54, 1.807) is 19.1 Å². The molecule has 0 aliphatic carbocycles. The molecule has 5 heteroatoms. The van der Waals surface area contributed by atoms with Gasteiger partial charge < -0.3 is 19.3 Å². The average Bonchev–Trinajstić information content (AvgIpc) is 2.36. The van der Waals surface area contributed by atoms with Crippen molar-refractivity contribution in [3.63, 3.8) is 0 Å². The van der Waals surface area contributed by atoms with Crippen LogP contribution in [0.2, 0.25) is 0 Å². The zero-order valence-electron chi connectivity index (χ0n) is 10.8. The number of aliphatic carboxylic acids is 1. The highest BCUT2D eigenvalue weighted by Gasteiger charge is 2.13. The number of hydrogen-bond donors (Lipinski definition) is 1. The third kappa shape index (κ3) is 2.94. The second-order valence-corrected chi connectivity index (χ2v) is 3.57. The monoisotopic (exact) mass is 252 g/mol. The highest BCUT2D eigenvalue weighted by atomic mass is 16.5. The summed E-state index contributed by atoms with van der Waals surface area (Å²) < 4.78 is 15.6. The third-order valence-corrected chi connectivity index (χ3v) is 2.47. The van der Waals surface area contributed by atoms with E-state index in [2.05, 4.69) is 0 Å². The van der Waals surface area contributed by atoms with Crippen LogP contribution in [0.4, 0.5) is 0 Å². The Morgan fingerprint density at radius 1 is 1.06 bits per heavy atom. The summed E-state index contributed by atoms with van der Waals surface area (Å²) in [6.45, 7) is 1.69. The minimum Gasteiger partial charge on any atom is -0.496 e. The van der Waals surface area contributed by atoms with E-state index in [0.717, 1.165) is 6.08 Å². The number of ether oxygens (including phenoxy) is 3. The number of carboxylic acid groups (broad SMARTS) is 1. The molecule has 0 unspecified atom stereocenters. The molecule has 0 bridgehead atoms. The molecule has 18 heavy (non-hydrogen) atoms. The molecule has 0 amide bonds. The molecule has 0 spiro atoms. The second-order valence-electron chi connectivity index (χ2n) is 3.57. The summed E-state index contributed by atoms with van der Waals surface area (Å²) >= 11 is 0. The van der Waals surface area contributed by atoms with Crippen LogP contribution < -0.4 is 14.2 Å². The van der Waals surface area contributed by atoms with Crippen LogP contribution in [0, 0.1) is 0 Å². The summed E-state index contributed by atoms with van der Waals surface area (Å²) in [6.07, 6.45) is 1.11. The van der Waals surface area contributed by atoms with Gasteiger partial charge in [-0.1, -0.05) is 0 Å². The van der Waals surface area contributed by atoms with Crippen molar-refractivity contribution in [3.05, 3.63) is 23.8 Å². The van der Waals surface area contributed by atoms with Crippen molar-refractivity contribution in [2.45, 2.75) is 6.92 Å². The molecular weight excluding hydrogens is 236 g/mol. The molecule has 0 saturated heterocycles. The zero-order chi connectivity index (χ0) is 13.7. The lowest BCUT2D eigenvalue weighted by atomic mass is 10.0. The Morgan fingerprint density at radius 3 is 2.00 bits per heavy atom.